The molecule has 1 saturated heterocycles. The molecular formula is C18H19N5O6PSTl. The van der Waals surface area contributed by atoms with Gasteiger partial charge in [0.2, 0.25) is 0 Å². The average molecular weight is 670 g/mol. The fraction of sp³-hybridized carbons (Fsp3) is 0.333. The molecule has 1 amide bonds. The Morgan fingerprint density at radius 2 is 2.28 bits per heavy atom. The molecule has 0 radical (unpaired) electrons. The molecule has 4 rings (SSSR count). The normalized spacial score (nSPS) is 26.7. The number of H-pyrrole nitrogens is 1. The molecule has 2 aromatic heterocycles. The van der Waals surface area contributed by atoms with Gasteiger partial charge in [0.05, 0.1) is 0 Å². The Labute approximate surface area is 206 Å². The molecule has 11 nitrogen and oxygen atoms in total. The first-order valence-corrected chi connectivity index (χ1v) is 13.3. The number of aromatic nitrogens is 4. The zero-order valence-corrected chi connectivity index (χ0v) is 23.0. The Bertz CT molecular complexity index is 1260. The molecule has 3 N–H and O–H groups in total. The molecule has 166 valence electrons. The average Bonchev–Trinajstić information content (AvgIpc) is 3.30. The van der Waals surface area contributed by atoms with E-state index < -0.39 is 43.0 Å². The number of hydrogen-bond acceptors (Lipinski definition) is 9. The minimum absolute atomic E-state index is 0.00957. The van der Waals surface area contributed by atoms with Crippen molar-refractivity contribution in [3.05, 3.63) is 52.6 Å². The molecule has 1 aliphatic rings. The van der Waals surface area contributed by atoms with Gasteiger partial charge in [-0.2, -0.15) is 0 Å². The Morgan fingerprint density at radius 3 is 2.97 bits per heavy atom. The van der Waals surface area contributed by atoms with Gasteiger partial charge >= 0.3 is 188 Å². The molecule has 3 heterocycles. The molecule has 0 saturated carbocycles. The maximum atomic E-state index is 12.6. The van der Waals surface area contributed by atoms with Crippen molar-refractivity contribution in [1.29, 1.82) is 1.28 Å². The predicted molar refractivity (Wildman–Crippen MR) is 121 cm³/mol. The molecule has 0 aliphatic carbocycles. The van der Waals surface area contributed by atoms with E-state index in [1.165, 1.54) is 10.9 Å². The van der Waals surface area contributed by atoms with Crippen LogP contribution in [-0.4, -0.2) is 82.4 Å². The standard InChI is InChI=1S/C18H19N5O6PS.Tl/c1-18(27)12(24)10(7-28-30-31)29-16(18)23-8-19-11-13(23)20-17(22-15(11)26)21-14(25)9-5-3-2-4-6-9;/h2-6,8,10,12,16,27H,7,30H2,1H3,(H2,20,21,22,25,26);/q-1;+1/t10-,12?,16-,18+;/m1./s1/i30D;. The van der Waals surface area contributed by atoms with Crippen LogP contribution >= 0.6 is 7.53 Å². The SMILES string of the molecule is [2H][PH](=S)OC[C@H]1O[C@@H](n2cnc3c(=O)[nH]c(NC(=O)c4ccccc4)nc32)[C@@](C)(O)C1[O][Tl]. The summed E-state index contributed by atoms with van der Waals surface area (Å²) in [5.74, 6) is -0.529. The molecule has 0 bridgehead atoms. The van der Waals surface area contributed by atoms with Crippen LogP contribution in [0, 0.1) is 0 Å². The first kappa shape index (κ1) is 22.3. The Balaban J connectivity index is 1.68. The van der Waals surface area contributed by atoms with Crippen LogP contribution in [0.2, 0.25) is 0 Å². The van der Waals surface area contributed by atoms with Gasteiger partial charge < -0.3 is 0 Å². The van der Waals surface area contributed by atoms with Gasteiger partial charge in [-0.25, -0.2) is 0 Å². The van der Waals surface area contributed by atoms with Crippen LogP contribution in [0.4, 0.5) is 5.95 Å². The molecule has 2 unspecified atom stereocenters. The van der Waals surface area contributed by atoms with Crippen molar-refractivity contribution in [3.63, 3.8) is 0 Å². The second kappa shape index (κ2) is 9.75. The summed E-state index contributed by atoms with van der Waals surface area (Å²) in [7, 11) is -2.13. The van der Waals surface area contributed by atoms with Crippen LogP contribution in [0.3, 0.4) is 0 Å². The van der Waals surface area contributed by atoms with Crippen LogP contribution in [0.5, 0.6) is 0 Å². The van der Waals surface area contributed by atoms with Gasteiger partial charge in [0.1, 0.15) is 0 Å². The van der Waals surface area contributed by atoms with Crippen LogP contribution in [0.1, 0.15) is 23.5 Å². The fourth-order valence-electron chi connectivity index (χ4n) is 3.63. The number of carbonyl (C=O) groups excluding carboxylic acids is 1. The first-order chi connectivity index (χ1) is 15.7. The van der Waals surface area contributed by atoms with E-state index in [0.717, 1.165) is 0 Å². The summed E-state index contributed by atoms with van der Waals surface area (Å²) >= 11 is 4.91. The fourth-order valence-corrected chi connectivity index (χ4v) is 5.82. The number of nitrogens with zero attached hydrogens (tertiary/aromatic N) is 3. The van der Waals surface area contributed by atoms with E-state index >= 15 is 0 Å². The number of amides is 1. The van der Waals surface area contributed by atoms with Gasteiger partial charge in [-0.3, -0.25) is 0 Å². The van der Waals surface area contributed by atoms with Gasteiger partial charge in [-0.15, -0.1) is 0 Å². The maximum absolute atomic E-state index is 12.6. The molecule has 1 fully saturated rings. The van der Waals surface area contributed by atoms with Crippen molar-refractivity contribution in [2.45, 2.75) is 31.0 Å². The van der Waals surface area contributed by atoms with Crippen molar-refractivity contribution < 1.29 is 21.8 Å². The van der Waals surface area contributed by atoms with E-state index in [9.17, 15) is 14.7 Å². The molecule has 5 atom stereocenters. The van der Waals surface area contributed by atoms with Gasteiger partial charge in [-0.05, 0) is 0 Å². The number of rotatable bonds is 7. The monoisotopic (exact) mass is 670 g/mol. The van der Waals surface area contributed by atoms with Crippen LogP contribution in [0.15, 0.2) is 41.5 Å². The predicted octanol–water partition coefficient (Wildman–Crippen LogP) is 0.293. The summed E-state index contributed by atoms with van der Waals surface area (Å²) < 4.78 is 25.8. The number of carbonyl (C=O) groups is 1. The van der Waals surface area contributed by atoms with Gasteiger partial charge in [0.25, 0.3) is 0 Å². The number of anilines is 1. The quantitative estimate of drug-likeness (QED) is 0.239. The molecule has 3 aromatic rings. The number of nitrogens with one attached hydrogen (secondary N) is 2. The Hall–Kier alpha value is -1.55. The minimum atomic E-state index is -2.13. The Morgan fingerprint density at radius 1 is 1.53 bits per heavy atom. The van der Waals surface area contributed by atoms with E-state index in [1.807, 2.05) is 0 Å². The summed E-state index contributed by atoms with van der Waals surface area (Å²) in [6.45, 7) is 1.53. The number of aromatic amines is 1. The third kappa shape index (κ3) is 4.45. The molecule has 32 heavy (non-hydrogen) atoms. The van der Waals surface area contributed by atoms with Gasteiger partial charge in [0.15, 0.2) is 0 Å². The summed E-state index contributed by atoms with van der Waals surface area (Å²) in [6.07, 6.45) is -1.10. The number of imidazole rings is 1. The number of ether oxygens (including phenoxy) is 1. The van der Waals surface area contributed by atoms with Crippen LogP contribution in [-0.2, 0) is 23.8 Å². The number of aliphatic hydroxyl groups is 1. The molecule has 0 spiro atoms. The zero-order chi connectivity index (χ0) is 23.8. The summed E-state index contributed by atoms with van der Waals surface area (Å²) in [4.78, 5) is 36.0. The van der Waals surface area contributed by atoms with E-state index in [2.05, 4.69) is 20.3 Å². The van der Waals surface area contributed by atoms with E-state index in [0.29, 0.717) is 5.56 Å². The number of fused-ring (bicyclic) bond motifs is 1. The molecule has 1 aliphatic heterocycles. The number of benzene rings is 1. The van der Waals surface area contributed by atoms with Crippen molar-refractivity contribution in [2.75, 3.05) is 11.9 Å². The van der Waals surface area contributed by atoms with Gasteiger partial charge in [0, 0.05) is 0 Å². The first-order valence-electron chi connectivity index (χ1n) is 9.92. The van der Waals surface area contributed by atoms with Crippen molar-refractivity contribution in [3.8, 4) is 0 Å². The van der Waals surface area contributed by atoms with E-state index in [1.54, 1.807) is 37.3 Å². The third-order valence-corrected chi connectivity index (χ3v) is 6.90. The summed E-state index contributed by atoms with van der Waals surface area (Å²) in [5.41, 5.74) is -1.57. The van der Waals surface area contributed by atoms with Crippen LogP contribution < -0.4 is 10.9 Å². The van der Waals surface area contributed by atoms with E-state index in [4.69, 9.17) is 25.0 Å². The zero-order valence-electron chi connectivity index (χ0n) is 17.7. The third-order valence-electron chi connectivity index (χ3n) is 5.12. The second-order valence-corrected chi connectivity index (χ2v) is 9.28. The van der Waals surface area contributed by atoms with Crippen molar-refractivity contribution >= 4 is 68.6 Å². The second-order valence-electron chi connectivity index (χ2n) is 7.26. The summed E-state index contributed by atoms with van der Waals surface area (Å²) in [6, 6.07) is 8.47. The van der Waals surface area contributed by atoms with Crippen LogP contribution in [0.25, 0.3) is 11.2 Å². The van der Waals surface area contributed by atoms with Crippen molar-refractivity contribution in [2.24, 2.45) is 0 Å². The molecule has 1 aromatic carbocycles. The molecule has 14 heteroatoms. The Kier molecular flexibility index (Phi) is 6.78. The van der Waals surface area contributed by atoms with E-state index in [-0.39, 0.29) is 49.9 Å². The molecular weight excluding hydrogens is 650 g/mol. The summed E-state index contributed by atoms with van der Waals surface area (Å²) in [5, 5.41) is 13.8. The van der Waals surface area contributed by atoms with Crippen molar-refractivity contribution in [1.82, 2.24) is 19.5 Å². The topological polar surface area (TPSA) is 141 Å². The number of hydrogen-bond donors (Lipinski definition) is 3. The van der Waals surface area contributed by atoms with Gasteiger partial charge in [-0.1, -0.05) is 18.2 Å².